The number of carboxylic acid groups (broad SMARTS) is 1. The van der Waals surface area contributed by atoms with E-state index in [1.54, 1.807) is 23.9 Å². The standard InChI is InChI=1S/C12H13ClO2S/c1-3-11(16-4-2)9-6-5-8(12(14)15)7-10(9)13/h3,5-7H,4H2,1-2H3,(H,14,15)/b11-3-. The van der Waals surface area contributed by atoms with Gasteiger partial charge in [0, 0.05) is 15.5 Å². The Morgan fingerprint density at radius 1 is 1.56 bits per heavy atom. The van der Waals surface area contributed by atoms with Crippen molar-refractivity contribution in [2.75, 3.05) is 5.75 Å². The molecule has 1 aromatic rings. The molecule has 0 aliphatic carbocycles. The van der Waals surface area contributed by atoms with Crippen molar-refractivity contribution < 1.29 is 9.90 Å². The molecule has 0 aliphatic heterocycles. The molecule has 0 unspecified atom stereocenters. The van der Waals surface area contributed by atoms with E-state index in [0.29, 0.717) is 5.02 Å². The zero-order valence-electron chi connectivity index (χ0n) is 9.16. The molecule has 0 heterocycles. The first kappa shape index (κ1) is 13.1. The largest absolute Gasteiger partial charge is 0.478 e. The number of allylic oxidation sites excluding steroid dienone is 1. The van der Waals surface area contributed by atoms with Gasteiger partial charge in [0.2, 0.25) is 0 Å². The van der Waals surface area contributed by atoms with E-state index in [2.05, 4.69) is 6.92 Å². The van der Waals surface area contributed by atoms with Crippen molar-refractivity contribution in [3.05, 3.63) is 40.4 Å². The highest BCUT2D eigenvalue weighted by molar-refractivity contribution is 8.08. The van der Waals surface area contributed by atoms with Crippen LogP contribution in [0.4, 0.5) is 0 Å². The summed E-state index contributed by atoms with van der Waals surface area (Å²) in [5, 5.41) is 9.30. The van der Waals surface area contributed by atoms with Crippen LogP contribution in [0, 0.1) is 0 Å². The minimum atomic E-state index is -0.960. The Bertz CT molecular complexity index is 427. The SMILES string of the molecule is C/C=C(\SCC)c1ccc(C(=O)O)cc1Cl. The van der Waals surface area contributed by atoms with Crippen LogP contribution in [0.3, 0.4) is 0 Å². The van der Waals surface area contributed by atoms with Crippen molar-refractivity contribution in [2.24, 2.45) is 0 Å². The lowest BCUT2D eigenvalue weighted by molar-refractivity contribution is 0.0697. The molecule has 4 heteroatoms. The molecule has 0 fully saturated rings. The fraction of sp³-hybridized carbons (Fsp3) is 0.250. The Hall–Kier alpha value is -0.930. The van der Waals surface area contributed by atoms with Crippen molar-refractivity contribution >= 4 is 34.2 Å². The number of carboxylic acids is 1. The fourth-order valence-corrected chi connectivity index (χ4v) is 2.47. The molecule has 0 aliphatic rings. The highest BCUT2D eigenvalue weighted by Gasteiger charge is 2.09. The van der Waals surface area contributed by atoms with Gasteiger partial charge in [0.1, 0.15) is 0 Å². The summed E-state index contributed by atoms with van der Waals surface area (Å²) < 4.78 is 0. The van der Waals surface area contributed by atoms with Crippen LogP contribution in [-0.4, -0.2) is 16.8 Å². The summed E-state index contributed by atoms with van der Waals surface area (Å²) in [5.41, 5.74) is 1.10. The van der Waals surface area contributed by atoms with Crippen molar-refractivity contribution in [3.8, 4) is 0 Å². The molecule has 0 radical (unpaired) electrons. The minimum absolute atomic E-state index is 0.214. The second-order valence-corrected chi connectivity index (χ2v) is 4.80. The second-order valence-electron chi connectivity index (χ2n) is 3.09. The Morgan fingerprint density at radius 3 is 2.69 bits per heavy atom. The van der Waals surface area contributed by atoms with Crippen LogP contribution in [0.2, 0.25) is 5.02 Å². The van der Waals surface area contributed by atoms with Crippen LogP contribution in [0.1, 0.15) is 29.8 Å². The van der Waals surface area contributed by atoms with E-state index < -0.39 is 5.97 Å². The molecule has 0 saturated heterocycles. The van der Waals surface area contributed by atoms with Crippen LogP contribution in [0.25, 0.3) is 4.91 Å². The van der Waals surface area contributed by atoms with E-state index in [1.807, 2.05) is 13.0 Å². The number of thioether (sulfide) groups is 1. The number of aromatic carboxylic acids is 1. The maximum absolute atomic E-state index is 10.8. The number of hydrogen-bond donors (Lipinski definition) is 1. The lowest BCUT2D eigenvalue weighted by Crippen LogP contribution is -1.96. The van der Waals surface area contributed by atoms with Crippen LogP contribution >= 0.6 is 23.4 Å². The first-order valence-corrected chi connectivity index (χ1v) is 6.28. The van der Waals surface area contributed by atoms with Gasteiger partial charge in [-0.2, -0.15) is 0 Å². The summed E-state index contributed by atoms with van der Waals surface area (Å²) >= 11 is 7.75. The molecule has 0 aromatic heterocycles. The van der Waals surface area contributed by atoms with Gasteiger partial charge in [0.05, 0.1) is 5.56 Å². The van der Waals surface area contributed by atoms with E-state index in [1.165, 1.54) is 6.07 Å². The summed E-state index contributed by atoms with van der Waals surface area (Å²) in [6.07, 6.45) is 1.98. The smallest absolute Gasteiger partial charge is 0.335 e. The normalized spacial score (nSPS) is 11.6. The van der Waals surface area contributed by atoms with E-state index in [4.69, 9.17) is 16.7 Å². The van der Waals surface area contributed by atoms with E-state index in [-0.39, 0.29) is 5.56 Å². The van der Waals surface area contributed by atoms with E-state index >= 15 is 0 Å². The maximum Gasteiger partial charge on any atom is 0.335 e. The number of rotatable bonds is 4. The van der Waals surface area contributed by atoms with E-state index in [0.717, 1.165) is 16.2 Å². The van der Waals surface area contributed by atoms with Gasteiger partial charge < -0.3 is 5.11 Å². The van der Waals surface area contributed by atoms with Gasteiger partial charge in [-0.05, 0) is 24.8 Å². The summed E-state index contributed by atoms with van der Waals surface area (Å²) in [6.45, 7) is 4.01. The van der Waals surface area contributed by atoms with Crippen molar-refractivity contribution in [1.82, 2.24) is 0 Å². The molecule has 1 N–H and O–H groups in total. The average Bonchev–Trinajstić information content (AvgIpc) is 2.26. The monoisotopic (exact) mass is 256 g/mol. The summed E-state index contributed by atoms with van der Waals surface area (Å²) in [7, 11) is 0. The molecule has 0 spiro atoms. The van der Waals surface area contributed by atoms with Gasteiger partial charge in [0.25, 0.3) is 0 Å². The summed E-state index contributed by atoms with van der Waals surface area (Å²) in [4.78, 5) is 11.8. The third-order valence-electron chi connectivity index (χ3n) is 2.04. The maximum atomic E-state index is 10.8. The van der Waals surface area contributed by atoms with E-state index in [9.17, 15) is 4.79 Å². The number of halogens is 1. The minimum Gasteiger partial charge on any atom is -0.478 e. The second kappa shape index (κ2) is 5.97. The Balaban J connectivity index is 3.12. The van der Waals surface area contributed by atoms with Gasteiger partial charge in [-0.25, -0.2) is 4.79 Å². The Kier molecular flexibility index (Phi) is 4.90. The molecular formula is C12H13ClO2S. The number of carbonyl (C=O) groups is 1. The van der Waals surface area contributed by atoms with Gasteiger partial charge in [-0.1, -0.05) is 30.7 Å². The molecule has 0 saturated carbocycles. The van der Waals surface area contributed by atoms with Gasteiger partial charge in [0.15, 0.2) is 0 Å². The molecular weight excluding hydrogens is 244 g/mol. The lowest BCUT2D eigenvalue weighted by atomic mass is 10.1. The predicted molar refractivity (Wildman–Crippen MR) is 70.2 cm³/mol. The van der Waals surface area contributed by atoms with Crippen LogP contribution in [-0.2, 0) is 0 Å². The zero-order valence-corrected chi connectivity index (χ0v) is 10.7. The lowest BCUT2D eigenvalue weighted by Gasteiger charge is -2.08. The summed E-state index contributed by atoms with van der Waals surface area (Å²) in [6, 6.07) is 4.81. The summed E-state index contributed by atoms with van der Waals surface area (Å²) in [5.74, 6) is -0.00456. The highest BCUT2D eigenvalue weighted by Crippen LogP contribution is 2.32. The molecule has 16 heavy (non-hydrogen) atoms. The number of benzene rings is 1. The number of hydrogen-bond acceptors (Lipinski definition) is 2. The van der Waals surface area contributed by atoms with Crippen molar-refractivity contribution in [3.63, 3.8) is 0 Å². The average molecular weight is 257 g/mol. The van der Waals surface area contributed by atoms with Gasteiger partial charge in [-0.15, -0.1) is 11.8 Å². The third kappa shape index (κ3) is 3.03. The molecule has 1 aromatic carbocycles. The molecule has 0 atom stereocenters. The first-order chi connectivity index (χ1) is 7.60. The van der Waals surface area contributed by atoms with Crippen LogP contribution < -0.4 is 0 Å². The van der Waals surface area contributed by atoms with Gasteiger partial charge >= 0.3 is 5.97 Å². The zero-order chi connectivity index (χ0) is 12.1. The molecule has 2 nitrogen and oxygen atoms in total. The molecule has 0 amide bonds. The fourth-order valence-electron chi connectivity index (χ4n) is 1.32. The predicted octanol–water partition coefficient (Wildman–Crippen LogP) is 4.15. The quantitative estimate of drug-likeness (QED) is 0.879. The van der Waals surface area contributed by atoms with Crippen molar-refractivity contribution in [2.45, 2.75) is 13.8 Å². The third-order valence-corrected chi connectivity index (χ3v) is 3.41. The first-order valence-electron chi connectivity index (χ1n) is 4.92. The van der Waals surface area contributed by atoms with Crippen LogP contribution in [0.15, 0.2) is 24.3 Å². The Labute approximate surface area is 104 Å². The van der Waals surface area contributed by atoms with Crippen molar-refractivity contribution in [1.29, 1.82) is 0 Å². The molecule has 0 bridgehead atoms. The molecule has 86 valence electrons. The molecule has 1 rings (SSSR count). The topological polar surface area (TPSA) is 37.3 Å². The van der Waals surface area contributed by atoms with Gasteiger partial charge in [-0.3, -0.25) is 0 Å². The Morgan fingerprint density at radius 2 is 2.25 bits per heavy atom. The van der Waals surface area contributed by atoms with Crippen LogP contribution in [0.5, 0.6) is 0 Å². The highest BCUT2D eigenvalue weighted by atomic mass is 35.5.